The Hall–Kier alpha value is -3.09. The summed E-state index contributed by atoms with van der Waals surface area (Å²) >= 11 is 17.4. The fourth-order valence-electron chi connectivity index (χ4n) is 3.19. The lowest BCUT2D eigenvalue weighted by atomic mass is 10.1. The minimum atomic E-state index is -5.23. The van der Waals surface area contributed by atoms with Crippen LogP contribution in [0.3, 0.4) is 0 Å². The van der Waals surface area contributed by atoms with Crippen molar-refractivity contribution in [2.24, 2.45) is 0 Å². The second kappa shape index (κ2) is 13.3. The van der Waals surface area contributed by atoms with Gasteiger partial charge in [0.1, 0.15) is 11.5 Å². The van der Waals surface area contributed by atoms with Crippen LogP contribution in [0.2, 0.25) is 15.1 Å². The monoisotopic (exact) mass is 619 g/mol. The molecule has 3 aromatic carbocycles. The number of carbonyl (C=O) groups is 2. The van der Waals surface area contributed by atoms with Gasteiger partial charge in [-0.05, 0) is 30.3 Å². The van der Waals surface area contributed by atoms with Gasteiger partial charge < -0.3 is 14.9 Å². The van der Waals surface area contributed by atoms with E-state index >= 15 is 0 Å². The van der Waals surface area contributed by atoms with Crippen molar-refractivity contribution in [1.82, 2.24) is 0 Å². The third-order valence-electron chi connectivity index (χ3n) is 5.05. The van der Waals surface area contributed by atoms with Crippen LogP contribution < -0.4 is 0 Å². The summed E-state index contributed by atoms with van der Waals surface area (Å²) in [6, 6.07) is 15.6. The molecule has 0 radical (unpaired) electrons. The molecule has 0 aliphatic rings. The summed E-state index contributed by atoms with van der Waals surface area (Å²) in [5, 5.41) is 5.43. The number of carbonyl (C=O) groups excluding carboxylic acids is 2. The van der Waals surface area contributed by atoms with Crippen LogP contribution in [0.4, 0.5) is 8.78 Å². The summed E-state index contributed by atoms with van der Waals surface area (Å²) in [6.45, 7) is -1.01. The highest BCUT2D eigenvalue weighted by molar-refractivity contribution is 7.87. The maximum absolute atomic E-state index is 14.9. The van der Waals surface area contributed by atoms with E-state index in [1.165, 1.54) is 48.5 Å². The fraction of sp³-hybridized carbons (Fsp3) is 0.160. The molecule has 0 spiro atoms. The number of esters is 2. The quantitative estimate of drug-likeness (QED) is 0.0928. The topological polar surface area (TPSA) is 120 Å². The third-order valence-corrected chi connectivity index (χ3v) is 7.63. The lowest BCUT2D eigenvalue weighted by Crippen LogP contribution is -2.45. The minimum absolute atomic E-state index is 0.0406. The van der Waals surface area contributed by atoms with Crippen molar-refractivity contribution >= 4 is 63.1 Å². The van der Waals surface area contributed by atoms with Gasteiger partial charge in [0.25, 0.3) is 0 Å². The third kappa shape index (κ3) is 7.52. The van der Waals surface area contributed by atoms with E-state index in [2.05, 4.69) is 0 Å². The van der Waals surface area contributed by atoms with Crippen LogP contribution in [0.25, 0.3) is 0 Å². The summed E-state index contributed by atoms with van der Waals surface area (Å²) in [6.07, 6.45) is -6.49. The molecule has 0 bridgehead atoms. The summed E-state index contributed by atoms with van der Waals surface area (Å²) in [4.78, 5) is 23.9. The van der Waals surface area contributed by atoms with Gasteiger partial charge in [-0.25, -0.2) is 18.4 Å². The predicted molar refractivity (Wildman–Crippen MR) is 140 cm³/mol. The number of rotatable bonds is 11. The van der Waals surface area contributed by atoms with E-state index in [1.807, 2.05) is 0 Å². The molecule has 0 saturated carbocycles. The van der Waals surface area contributed by atoms with Crippen molar-refractivity contribution in [2.45, 2.75) is 23.3 Å². The molecule has 3 rings (SSSR count). The molecule has 206 valence electrons. The Kier molecular flexibility index (Phi) is 10.4. The highest BCUT2D eigenvalue weighted by atomic mass is 35.5. The molecule has 3 aromatic rings. The normalized spacial score (nSPS) is 13.7. The van der Waals surface area contributed by atoms with E-state index in [9.17, 15) is 26.8 Å². The summed E-state index contributed by atoms with van der Waals surface area (Å²) in [5.74, 6) is -3.63. The van der Waals surface area contributed by atoms with E-state index in [4.69, 9.17) is 53.9 Å². The molecule has 1 N–H and O–H groups in total. The van der Waals surface area contributed by atoms with Crippen LogP contribution in [-0.4, -0.2) is 51.6 Å². The molecule has 0 unspecified atom stereocenters. The van der Waals surface area contributed by atoms with E-state index in [1.54, 1.807) is 12.1 Å². The first-order chi connectivity index (χ1) is 18.5. The smallest absolute Gasteiger partial charge is 0.338 e. The Bertz CT molecular complexity index is 1460. The van der Waals surface area contributed by atoms with Crippen molar-refractivity contribution in [3.05, 3.63) is 98.7 Å². The molecule has 0 fully saturated rings. The number of halogens is 5. The molecule has 0 aliphatic heterocycles. The van der Waals surface area contributed by atoms with E-state index < -0.39 is 72.8 Å². The Labute approximate surface area is 237 Å². The maximum Gasteiger partial charge on any atom is 0.338 e. The molecule has 0 amide bonds. The largest absolute Gasteiger partial charge is 0.459 e. The average Bonchev–Trinajstić information content (AvgIpc) is 2.92. The number of benzene rings is 3. The summed E-state index contributed by atoms with van der Waals surface area (Å²) < 4.78 is 71.3. The number of hydrogen-bond donors (Lipinski definition) is 1. The van der Waals surface area contributed by atoms with Crippen LogP contribution in [-0.2, 0) is 23.8 Å². The standard InChI is InChI=1S/C25H18Cl3F2NO7S/c26-16-11-17(27)23(21(30)20(16)28)39(34,35)38-19(13-36-24(32)14-7-3-1-4-8-14)22(18(29)12-31)37-25(33)15-9-5-2-6-10-15/h1-12,18-19,22,31H,13H2/t18-,19-,22-/m0/s1. The second-order valence-corrected chi connectivity index (χ2v) is 10.4. The highest BCUT2D eigenvalue weighted by Crippen LogP contribution is 2.37. The average molecular weight is 621 g/mol. The number of ether oxygens (including phenoxy) is 2. The van der Waals surface area contributed by atoms with Crippen molar-refractivity contribution in [3.63, 3.8) is 0 Å². The van der Waals surface area contributed by atoms with E-state index in [0.29, 0.717) is 0 Å². The molecular weight excluding hydrogens is 603 g/mol. The van der Waals surface area contributed by atoms with E-state index in [-0.39, 0.29) is 17.3 Å². The first kappa shape index (κ1) is 30.5. The molecule has 0 aliphatic carbocycles. The molecule has 8 nitrogen and oxygen atoms in total. The number of hydrogen-bond acceptors (Lipinski definition) is 8. The molecule has 0 aromatic heterocycles. The number of alkyl halides is 1. The van der Waals surface area contributed by atoms with Crippen LogP contribution in [0.5, 0.6) is 0 Å². The Morgan fingerprint density at radius 3 is 2.00 bits per heavy atom. The minimum Gasteiger partial charge on any atom is -0.459 e. The van der Waals surface area contributed by atoms with Gasteiger partial charge in [0.05, 0.1) is 26.2 Å². The first-order valence-corrected chi connectivity index (χ1v) is 13.4. The molecule has 0 heterocycles. The van der Waals surface area contributed by atoms with Gasteiger partial charge in [0.2, 0.25) is 0 Å². The van der Waals surface area contributed by atoms with Crippen molar-refractivity contribution < 1.29 is 40.4 Å². The van der Waals surface area contributed by atoms with Crippen LogP contribution >= 0.6 is 34.8 Å². The van der Waals surface area contributed by atoms with Crippen molar-refractivity contribution in [2.75, 3.05) is 6.61 Å². The lowest BCUT2D eigenvalue weighted by molar-refractivity contribution is -0.0476. The van der Waals surface area contributed by atoms with E-state index in [0.717, 1.165) is 6.07 Å². The van der Waals surface area contributed by atoms with Gasteiger partial charge in [-0.2, -0.15) is 8.42 Å². The Balaban J connectivity index is 2.01. The van der Waals surface area contributed by atoms with Crippen LogP contribution in [0.1, 0.15) is 20.7 Å². The predicted octanol–water partition coefficient (Wildman–Crippen LogP) is 5.93. The molecule has 3 atom stereocenters. The summed E-state index contributed by atoms with van der Waals surface area (Å²) in [7, 11) is -5.23. The Morgan fingerprint density at radius 2 is 1.46 bits per heavy atom. The van der Waals surface area contributed by atoms with Gasteiger partial charge in [-0.3, -0.25) is 4.18 Å². The molecule has 0 saturated heterocycles. The van der Waals surface area contributed by atoms with Gasteiger partial charge in [0.15, 0.2) is 24.2 Å². The first-order valence-electron chi connectivity index (χ1n) is 10.9. The van der Waals surface area contributed by atoms with Crippen LogP contribution in [0.15, 0.2) is 71.6 Å². The van der Waals surface area contributed by atoms with Gasteiger partial charge >= 0.3 is 22.1 Å². The highest BCUT2D eigenvalue weighted by Gasteiger charge is 2.40. The van der Waals surface area contributed by atoms with Crippen LogP contribution in [0, 0.1) is 11.2 Å². The second-order valence-electron chi connectivity index (χ2n) is 7.70. The van der Waals surface area contributed by atoms with Crippen molar-refractivity contribution in [3.8, 4) is 0 Å². The van der Waals surface area contributed by atoms with Gasteiger partial charge in [0, 0.05) is 6.21 Å². The van der Waals surface area contributed by atoms with Gasteiger partial charge in [-0.15, -0.1) is 0 Å². The van der Waals surface area contributed by atoms with Crippen molar-refractivity contribution in [1.29, 1.82) is 5.41 Å². The lowest BCUT2D eigenvalue weighted by Gasteiger charge is -2.27. The maximum atomic E-state index is 14.9. The Morgan fingerprint density at radius 1 is 0.923 bits per heavy atom. The zero-order valence-corrected chi connectivity index (χ0v) is 22.6. The number of nitrogens with one attached hydrogen (secondary N) is 1. The molecule has 14 heteroatoms. The fourth-order valence-corrected chi connectivity index (χ4v) is 5.32. The zero-order valence-electron chi connectivity index (χ0n) is 19.5. The zero-order chi connectivity index (χ0) is 28.7. The van der Waals surface area contributed by atoms with Gasteiger partial charge in [-0.1, -0.05) is 71.2 Å². The molecular formula is C25H18Cl3F2NO7S. The molecule has 39 heavy (non-hydrogen) atoms. The summed E-state index contributed by atoms with van der Waals surface area (Å²) in [5.41, 5.74) is 0.0144. The SMILES string of the molecule is N=C[C@H](F)[C@H](OC(=O)c1ccccc1)[C@H](COC(=O)c1ccccc1)OS(=O)(=O)c1c(Cl)cc(Cl)c(Cl)c1F.